The largest absolute Gasteiger partial charge is 0.496 e. The first-order chi connectivity index (χ1) is 16.6. The highest BCUT2D eigenvalue weighted by Gasteiger charge is 2.28. The van der Waals surface area contributed by atoms with Crippen molar-refractivity contribution in [3.8, 4) is 28.3 Å². The summed E-state index contributed by atoms with van der Waals surface area (Å²) >= 11 is 0. The molecule has 4 aromatic rings. The number of carbonyl (C=O) groups is 1. The molecule has 0 saturated carbocycles. The Morgan fingerprint density at radius 3 is 2.57 bits per heavy atom. The second kappa shape index (κ2) is 9.44. The molecule has 182 valence electrons. The second-order valence-corrected chi connectivity index (χ2v) is 7.40. The molecule has 4 rings (SSSR count). The van der Waals surface area contributed by atoms with Gasteiger partial charge in [0.25, 0.3) is 5.91 Å². The predicted molar refractivity (Wildman–Crippen MR) is 119 cm³/mol. The molecule has 0 radical (unpaired) electrons. The molecule has 9 nitrogen and oxygen atoms in total. The lowest BCUT2D eigenvalue weighted by Crippen LogP contribution is -2.33. The van der Waals surface area contributed by atoms with Gasteiger partial charge in [0.05, 0.1) is 24.6 Å². The molecule has 35 heavy (non-hydrogen) atoms. The Kier molecular flexibility index (Phi) is 6.40. The molecule has 3 N–H and O–H groups in total. The monoisotopic (exact) mass is 489 g/mol. The van der Waals surface area contributed by atoms with Gasteiger partial charge in [0, 0.05) is 24.4 Å². The SMILES string of the molecule is COc1cc(-c2nc(Nc3ccc(-c4cn[nH]c4)cc3F)n(C)n2)ccc1C(=O)NCC(F)(F)F. The molecule has 0 saturated heterocycles. The van der Waals surface area contributed by atoms with E-state index in [1.165, 1.54) is 36.1 Å². The number of amides is 1. The topological polar surface area (TPSA) is 110 Å². The van der Waals surface area contributed by atoms with E-state index in [1.807, 2.05) is 0 Å². The molecule has 2 aromatic carbocycles. The van der Waals surface area contributed by atoms with Crippen LogP contribution >= 0.6 is 0 Å². The molecule has 0 aliphatic rings. The Hall–Kier alpha value is -4.42. The fourth-order valence-electron chi connectivity index (χ4n) is 3.23. The number of nitrogens with zero attached hydrogens (tertiary/aromatic N) is 4. The third kappa shape index (κ3) is 5.39. The van der Waals surface area contributed by atoms with E-state index in [9.17, 15) is 22.4 Å². The van der Waals surface area contributed by atoms with Crippen LogP contribution in [0.4, 0.5) is 29.2 Å². The first-order valence-corrected chi connectivity index (χ1v) is 10.1. The summed E-state index contributed by atoms with van der Waals surface area (Å²) < 4.78 is 58.5. The molecule has 13 heteroatoms. The zero-order valence-electron chi connectivity index (χ0n) is 18.4. The maximum Gasteiger partial charge on any atom is 0.405 e. The van der Waals surface area contributed by atoms with Crippen LogP contribution in [0.1, 0.15) is 10.4 Å². The maximum atomic E-state index is 14.7. The predicted octanol–water partition coefficient (Wildman–Crippen LogP) is 4.06. The summed E-state index contributed by atoms with van der Waals surface area (Å²) in [7, 11) is 2.89. The minimum absolute atomic E-state index is 0.0463. The zero-order chi connectivity index (χ0) is 25.2. The number of carbonyl (C=O) groups excluding carboxylic acids is 1. The van der Waals surface area contributed by atoms with Crippen molar-refractivity contribution in [2.45, 2.75) is 6.18 Å². The molecule has 0 atom stereocenters. The van der Waals surface area contributed by atoms with Gasteiger partial charge in [0.2, 0.25) is 5.95 Å². The van der Waals surface area contributed by atoms with Crippen LogP contribution in [0.15, 0.2) is 48.8 Å². The molecule has 2 heterocycles. The molecular weight excluding hydrogens is 470 g/mol. The minimum atomic E-state index is -4.54. The smallest absolute Gasteiger partial charge is 0.405 e. The molecule has 0 fully saturated rings. The average Bonchev–Trinajstić information content (AvgIpc) is 3.48. The van der Waals surface area contributed by atoms with E-state index < -0.39 is 24.4 Å². The second-order valence-electron chi connectivity index (χ2n) is 7.40. The van der Waals surface area contributed by atoms with Gasteiger partial charge in [-0.15, -0.1) is 5.10 Å². The van der Waals surface area contributed by atoms with Gasteiger partial charge in [-0.1, -0.05) is 12.1 Å². The van der Waals surface area contributed by atoms with Crippen LogP contribution in [0.5, 0.6) is 5.75 Å². The average molecular weight is 489 g/mol. The van der Waals surface area contributed by atoms with Gasteiger partial charge in [-0.05, 0) is 29.8 Å². The molecular formula is C22H19F4N7O2. The number of rotatable bonds is 7. The number of nitrogens with one attached hydrogen (secondary N) is 3. The lowest BCUT2D eigenvalue weighted by Gasteiger charge is -2.11. The first kappa shape index (κ1) is 23.7. The van der Waals surface area contributed by atoms with Crippen LogP contribution in [-0.4, -0.2) is 50.7 Å². The molecule has 0 spiro atoms. The summed E-state index contributed by atoms with van der Waals surface area (Å²) in [6.07, 6.45) is -1.31. The highest BCUT2D eigenvalue weighted by Crippen LogP contribution is 2.29. The van der Waals surface area contributed by atoms with Gasteiger partial charge in [-0.2, -0.15) is 23.3 Å². The quantitative estimate of drug-likeness (QED) is 0.338. The summed E-state index contributed by atoms with van der Waals surface area (Å²) in [5, 5.41) is 15.5. The van der Waals surface area contributed by atoms with Crippen molar-refractivity contribution < 1.29 is 27.1 Å². The molecule has 0 aliphatic heterocycles. The number of aromatic amines is 1. The zero-order valence-corrected chi connectivity index (χ0v) is 18.4. The van der Waals surface area contributed by atoms with Crippen molar-refractivity contribution in [1.82, 2.24) is 30.3 Å². The van der Waals surface area contributed by atoms with E-state index in [0.29, 0.717) is 11.1 Å². The van der Waals surface area contributed by atoms with Gasteiger partial charge in [0.15, 0.2) is 5.82 Å². The van der Waals surface area contributed by atoms with E-state index in [0.717, 1.165) is 5.56 Å². The number of hydrogen-bond donors (Lipinski definition) is 3. The van der Waals surface area contributed by atoms with E-state index in [1.54, 1.807) is 36.9 Å². The Bertz CT molecular complexity index is 1350. The highest BCUT2D eigenvalue weighted by atomic mass is 19.4. The fourth-order valence-corrected chi connectivity index (χ4v) is 3.23. The number of H-pyrrole nitrogens is 1. The lowest BCUT2D eigenvalue weighted by atomic mass is 10.1. The molecule has 2 aromatic heterocycles. The minimum Gasteiger partial charge on any atom is -0.496 e. The first-order valence-electron chi connectivity index (χ1n) is 10.1. The lowest BCUT2D eigenvalue weighted by molar-refractivity contribution is -0.123. The van der Waals surface area contributed by atoms with Gasteiger partial charge in [-0.3, -0.25) is 9.89 Å². The van der Waals surface area contributed by atoms with E-state index in [-0.39, 0.29) is 28.8 Å². The molecule has 0 aliphatic carbocycles. The fraction of sp³-hybridized carbons (Fsp3) is 0.182. The molecule has 0 bridgehead atoms. The van der Waals surface area contributed by atoms with Crippen LogP contribution in [-0.2, 0) is 7.05 Å². The molecule has 0 unspecified atom stereocenters. The Labute approximate surface area is 196 Å². The van der Waals surface area contributed by atoms with E-state index >= 15 is 0 Å². The van der Waals surface area contributed by atoms with Crippen molar-refractivity contribution in [3.63, 3.8) is 0 Å². The van der Waals surface area contributed by atoms with E-state index in [2.05, 4.69) is 25.6 Å². The van der Waals surface area contributed by atoms with Crippen LogP contribution in [0.25, 0.3) is 22.5 Å². The Morgan fingerprint density at radius 2 is 1.91 bits per heavy atom. The van der Waals surface area contributed by atoms with Gasteiger partial charge in [-0.25, -0.2) is 9.07 Å². The Balaban J connectivity index is 1.55. The third-order valence-electron chi connectivity index (χ3n) is 4.96. The third-order valence-corrected chi connectivity index (χ3v) is 4.96. The summed E-state index contributed by atoms with van der Waals surface area (Å²) in [4.78, 5) is 16.5. The van der Waals surface area contributed by atoms with Crippen molar-refractivity contribution in [3.05, 3.63) is 60.2 Å². The number of ether oxygens (including phenoxy) is 1. The number of aryl methyl sites for hydroxylation is 1. The number of hydrogen-bond acceptors (Lipinski definition) is 6. The van der Waals surface area contributed by atoms with Crippen molar-refractivity contribution >= 4 is 17.5 Å². The summed E-state index contributed by atoms with van der Waals surface area (Å²) in [6, 6.07) is 8.87. The van der Waals surface area contributed by atoms with Crippen molar-refractivity contribution in [2.24, 2.45) is 7.05 Å². The number of aromatic nitrogens is 5. The van der Waals surface area contributed by atoms with E-state index in [4.69, 9.17) is 4.74 Å². The van der Waals surface area contributed by atoms with Crippen LogP contribution in [0.2, 0.25) is 0 Å². The van der Waals surface area contributed by atoms with Gasteiger partial charge >= 0.3 is 6.18 Å². The summed E-state index contributed by atoms with van der Waals surface area (Å²) in [5.74, 6) is -0.933. The summed E-state index contributed by atoms with van der Waals surface area (Å²) in [5.41, 5.74) is 1.92. The van der Waals surface area contributed by atoms with Crippen molar-refractivity contribution in [2.75, 3.05) is 19.0 Å². The van der Waals surface area contributed by atoms with Crippen LogP contribution < -0.4 is 15.4 Å². The Morgan fingerprint density at radius 1 is 1.14 bits per heavy atom. The van der Waals surface area contributed by atoms with Gasteiger partial charge in [0.1, 0.15) is 18.1 Å². The number of halogens is 4. The normalized spacial score (nSPS) is 11.4. The number of alkyl halides is 3. The highest BCUT2D eigenvalue weighted by molar-refractivity contribution is 5.97. The van der Waals surface area contributed by atoms with Crippen LogP contribution in [0.3, 0.4) is 0 Å². The summed E-state index contributed by atoms with van der Waals surface area (Å²) in [6.45, 7) is -1.47. The number of benzene rings is 2. The van der Waals surface area contributed by atoms with Crippen molar-refractivity contribution in [1.29, 1.82) is 0 Å². The number of methoxy groups -OCH3 is 1. The molecule has 1 amide bonds. The maximum absolute atomic E-state index is 14.7. The standard InChI is InChI=1S/C22H19F4N7O2/c1-33-21(30-17-6-4-12(7-16(17)23)14-9-28-29-10-14)31-19(32-33)13-3-5-15(18(8-13)35-2)20(34)27-11-22(24,25)26/h3-10H,11H2,1-2H3,(H,27,34)(H,28,29)(H,30,31,32). The van der Waals surface area contributed by atoms with Gasteiger partial charge < -0.3 is 15.4 Å². The van der Waals surface area contributed by atoms with Crippen LogP contribution in [0, 0.1) is 5.82 Å². The number of anilines is 2.